The van der Waals surface area contributed by atoms with Crippen LogP contribution in [-0.4, -0.2) is 33.0 Å². The first-order valence-corrected chi connectivity index (χ1v) is 12.4. The molecule has 1 aliphatic rings. The molecule has 5 rings (SSSR count). The van der Waals surface area contributed by atoms with Crippen LogP contribution in [0.25, 0.3) is 11.3 Å². The summed E-state index contributed by atoms with van der Waals surface area (Å²) < 4.78 is 25.7. The Labute approximate surface area is 223 Å². The summed E-state index contributed by atoms with van der Waals surface area (Å²) in [6.07, 6.45) is 5.08. The summed E-state index contributed by atoms with van der Waals surface area (Å²) in [5, 5.41) is 2.63. The van der Waals surface area contributed by atoms with Crippen molar-refractivity contribution in [2.24, 2.45) is 5.92 Å². The molecule has 0 bridgehead atoms. The number of pyridine rings is 1. The predicted molar refractivity (Wildman–Crippen MR) is 141 cm³/mol. The fourth-order valence-electron chi connectivity index (χ4n) is 4.09. The highest BCUT2D eigenvalue weighted by atomic mass is 19.1. The molecular formula is C29H25FN4O5. The maximum atomic E-state index is 13.6. The Kier molecular flexibility index (Phi) is 7.18. The van der Waals surface area contributed by atoms with Crippen molar-refractivity contribution < 1.29 is 23.5 Å². The van der Waals surface area contributed by atoms with E-state index in [1.54, 1.807) is 37.4 Å². The molecular weight excluding hydrogens is 503 g/mol. The van der Waals surface area contributed by atoms with Gasteiger partial charge in [-0.2, -0.15) is 0 Å². The van der Waals surface area contributed by atoms with Gasteiger partial charge in [0, 0.05) is 35.0 Å². The third-order valence-electron chi connectivity index (χ3n) is 6.53. The van der Waals surface area contributed by atoms with Crippen LogP contribution in [0.4, 0.5) is 10.2 Å². The molecule has 0 fully saturated rings. The Hall–Kier alpha value is -4.86. The van der Waals surface area contributed by atoms with Crippen LogP contribution in [0, 0.1) is 11.7 Å². The summed E-state index contributed by atoms with van der Waals surface area (Å²) in [5.41, 5.74) is 1.77. The van der Waals surface area contributed by atoms with Crippen molar-refractivity contribution in [3.05, 3.63) is 100.0 Å². The second kappa shape index (κ2) is 10.9. The molecule has 0 saturated carbocycles. The fraction of sp³-hybridized carbons (Fsp3) is 0.207. The molecule has 4 aromatic rings. The molecule has 2 aromatic carbocycles. The van der Waals surface area contributed by atoms with E-state index in [2.05, 4.69) is 15.3 Å². The number of halogens is 1. The first kappa shape index (κ1) is 25.8. The van der Waals surface area contributed by atoms with Crippen LogP contribution in [0.2, 0.25) is 0 Å². The van der Waals surface area contributed by atoms with Gasteiger partial charge in [-0.05, 0) is 60.5 Å². The Morgan fingerprint density at radius 3 is 2.56 bits per heavy atom. The van der Waals surface area contributed by atoms with E-state index in [9.17, 15) is 18.8 Å². The second-order valence-corrected chi connectivity index (χ2v) is 9.17. The number of rotatable bonds is 8. The van der Waals surface area contributed by atoms with Crippen molar-refractivity contribution in [2.45, 2.75) is 26.8 Å². The lowest BCUT2D eigenvalue weighted by Crippen LogP contribution is -2.30. The van der Waals surface area contributed by atoms with Gasteiger partial charge in [0.05, 0.1) is 18.4 Å². The molecule has 0 spiro atoms. The third kappa shape index (κ3) is 5.40. The lowest BCUT2D eigenvalue weighted by molar-refractivity contribution is -0.119. The van der Waals surface area contributed by atoms with Crippen LogP contribution < -0.4 is 20.3 Å². The number of carbonyl (C=O) groups excluding carboxylic acids is 2. The number of hydrogen-bond acceptors (Lipinski definition) is 7. The van der Waals surface area contributed by atoms with Gasteiger partial charge < -0.3 is 14.8 Å². The average Bonchev–Trinajstić information content (AvgIpc) is 3.43. The van der Waals surface area contributed by atoms with Gasteiger partial charge in [-0.1, -0.05) is 13.8 Å². The minimum absolute atomic E-state index is 0.0366. The van der Waals surface area contributed by atoms with E-state index >= 15 is 0 Å². The van der Waals surface area contributed by atoms with Crippen molar-refractivity contribution in [3.63, 3.8) is 0 Å². The van der Waals surface area contributed by atoms with Gasteiger partial charge in [0.2, 0.25) is 12.7 Å². The molecule has 1 N–H and O–H groups in total. The van der Waals surface area contributed by atoms with Gasteiger partial charge >= 0.3 is 0 Å². The molecule has 0 radical (unpaired) electrons. The van der Waals surface area contributed by atoms with Gasteiger partial charge in [0.25, 0.3) is 5.56 Å². The predicted octanol–water partition coefficient (Wildman–Crippen LogP) is 4.44. The Morgan fingerprint density at radius 2 is 1.79 bits per heavy atom. The van der Waals surface area contributed by atoms with Gasteiger partial charge in [0.1, 0.15) is 5.82 Å². The summed E-state index contributed by atoms with van der Waals surface area (Å²) in [6.45, 7) is 3.79. The number of carbonyl (C=O) groups is 2. The zero-order chi connectivity index (χ0) is 27.5. The molecule has 3 heterocycles. The highest BCUT2D eigenvalue weighted by Crippen LogP contribution is 2.35. The smallest absolute Gasteiger partial charge is 0.294 e. The van der Waals surface area contributed by atoms with Crippen molar-refractivity contribution >= 4 is 17.5 Å². The number of hydrogen-bond donors (Lipinski definition) is 1. The first-order valence-electron chi connectivity index (χ1n) is 12.4. The molecule has 2 aromatic heterocycles. The maximum absolute atomic E-state index is 13.6. The Morgan fingerprint density at radius 1 is 1.03 bits per heavy atom. The Bertz CT molecular complexity index is 1620. The first-order chi connectivity index (χ1) is 18.8. The maximum Gasteiger partial charge on any atom is 0.294 e. The lowest BCUT2D eigenvalue weighted by atomic mass is 10.0. The van der Waals surface area contributed by atoms with Crippen LogP contribution in [0.5, 0.6) is 11.5 Å². The van der Waals surface area contributed by atoms with Crippen LogP contribution >= 0.6 is 0 Å². The normalized spacial score (nSPS) is 12.7. The van der Waals surface area contributed by atoms with Crippen molar-refractivity contribution in [1.82, 2.24) is 14.5 Å². The number of nitrogens with one attached hydrogen (secondary N) is 1. The number of fused-ring (bicyclic) bond motifs is 1. The zero-order valence-corrected chi connectivity index (χ0v) is 21.3. The standard InChI is InChI=1S/C29H25FN4O5/c1-3-17(2)28(36)33-27-29(37)34(23(14-32-27)20-6-9-24-25(11-20)39-16-38-24)15-18-10-21(13-31-12-18)26(35)19-4-7-22(30)8-5-19/h4-14,17H,3,15-16H2,1-2H3,(H,32,33,36)/t17-/m1/s1. The van der Waals surface area contributed by atoms with E-state index in [0.717, 1.165) is 0 Å². The second-order valence-electron chi connectivity index (χ2n) is 9.17. The summed E-state index contributed by atoms with van der Waals surface area (Å²) in [6, 6.07) is 12.1. The largest absolute Gasteiger partial charge is 0.454 e. The summed E-state index contributed by atoms with van der Waals surface area (Å²) in [4.78, 5) is 47.6. The molecule has 1 amide bonds. The minimum Gasteiger partial charge on any atom is -0.454 e. The van der Waals surface area contributed by atoms with Gasteiger partial charge in [0.15, 0.2) is 23.1 Å². The SMILES string of the molecule is CC[C@@H](C)C(=O)Nc1ncc(-c2ccc3c(c2)OCO3)n(Cc2cncc(C(=O)c3ccc(F)cc3)c2)c1=O. The van der Waals surface area contributed by atoms with Crippen LogP contribution in [-0.2, 0) is 11.3 Å². The number of benzene rings is 2. The Balaban J connectivity index is 1.54. The van der Waals surface area contributed by atoms with Crippen LogP contribution in [0.1, 0.15) is 41.8 Å². The van der Waals surface area contributed by atoms with Crippen molar-refractivity contribution in [2.75, 3.05) is 12.1 Å². The molecule has 1 aliphatic heterocycles. The van der Waals surface area contributed by atoms with Gasteiger partial charge in [-0.15, -0.1) is 0 Å². The topological polar surface area (TPSA) is 112 Å². The number of amides is 1. The monoisotopic (exact) mass is 528 g/mol. The molecule has 198 valence electrons. The van der Waals surface area contributed by atoms with Crippen molar-refractivity contribution in [3.8, 4) is 22.8 Å². The summed E-state index contributed by atoms with van der Waals surface area (Å²) in [5.74, 6) is -0.351. The third-order valence-corrected chi connectivity index (χ3v) is 6.53. The number of nitrogens with zero attached hydrogens (tertiary/aromatic N) is 3. The van der Waals surface area contributed by atoms with E-state index in [0.29, 0.717) is 40.3 Å². The minimum atomic E-state index is -0.517. The highest BCUT2D eigenvalue weighted by molar-refractivity contribution is 6.08. The van der Waals surface area contributed by atoms with Gasteiger partial charge in [-0.3, -0.25) is 23.9 Å². The summed E-state index contributed by atoms with van der Waals surface area (Å²) >= 11 is 0. The lowest BCUT2D eigenvalue weighted by Gasteiger charge is -2.16. The summed E-state index contributed by atoms with van der Waals surface area (Å²) in [7, 11) is 0. The fourth-order valence-corrected chi connectivity index (χ4v) is 4.09. The van der Waals surface area contributed by atoms with E-state index < -0.39 is 11.4 Å². The van der Waals surface area contributed by atoms with E-state index in [1.165, 1.54) is 41.2 Å². The zero-order valence-electron chi connectivity index (χ0n) is 21.3. The molecule has 9 nitrogen and oxygen atoms in total. The number of ketones is 1. The molecule has 10 heteroatoms. The van der Waals surface area contributed by atoms with Crippen molar-refractivity contribution in [1.29, 1.82) is 0 Å². The van der Waals surface area contributed by atoms with Gasteiger partial charge in [-0.25, -0.2) is 9.37 Å². The molecule has 39 heavy (non-hydrogen) atoms. The van der Waals surface area contributed by atoms with E-state index in [1.807, 2.05) is 6.92 Å². The number of aromatic nitrogens is 3. The van der Waals surface area contributed by atoms with Crippen LogP contribution in [0.15, 0.2) is 71.9 Å². The number of ether oxygens (including phenoxy) is 2. The van der Waals surface area contributed by atoms with E-state index in [4.69, 9.17) is 9.47 Å². The average molecular weight is 529 g/mol. The van der Waals surface area contributed by atoms with E-state index in [-0.39, 0.29) is 42.3 Å². The molecule has 0 unspecified atom stereocenters. The number of anilines is 1. The quantitative estimate of drug-likeness (QED) is 0.337. The molecule has 1 atom stereocenters. The molecule has 0 aliphatic carbocycles. The molecule has 0 saturated heterocycles. The highest BCUT2D eigenvalue weighted by Gasteiger charge is 2.20. The van der Waals surface area contributed by atoms with Crippen LogP contribution in [0.3, 0.4) is 0 Å².